The number of aromatic amines is 1. The molecule has 0 saturated carbocycles. The first-order valence-electron chi connectivity index (χ1n) is 4.61. The molecule has 0 atom stereocenters. The molecule has 0 aliphatic rings. The van der Waals surface area contributed by atoms with E-state index in [2.05, 4.69) is 67.2 Å². The zero-order chi connectivity index (χ0) is 10.4. The molecular weight excluding hydrogens is 318 g/mol. The molecule has 0 aliphatic carbocycles. The van der Waals surface area contributed by atoms with Crippen LogP contribution in [0.5, 0.6) is 0 Å². The zero-order valence-corrected chi connectivity index (χ0v) is 10.9. The van der Waals surface area contributed by atoms with E-state index in [4.69, 9.17) is 0 Å². The van der Waals surface area contributed by atoms with Gasteiger partial charge in [0.1, 0.15) is 0 Å². The summed E-state index contributed by atoms with van der Waals surface area (Å²) in [5.74, 6) is 0. The van der Waals surface area contributed by atoms with Crippen LogP contribution in [0.25, 0.3) is 21.8 Å². The van der Waals surface area contributed by atoms with Crippen molar-refractivity contribution in [3.63, 3.8) is 0 Å². The third kappa shape index (κ3) is 1.42. The Morgan fingerprint density at radius 2 is 1.73 bits per heavy atom. The first-order valence-corrected chi connectivity index (χ1v) is 6.20. The minimum atomic E-state index is 1.09. The first-order chi connectivity index (χ1) is 7.25. The third-order valence-electron chi connectivity index (χ3n) is 2.53. The summed E-state index contributed by atoms with van der Waals surface area (Å²) in [5.41, 5.74) is 2.32. The van der Waals surface area contributed by atoms with E-state index in [1.165, 1.54) is 16.3 Å². The number of hydrogen-bond donors (Lipinski definition) is 1. The summed E-state index contributed by atoms with van der Waals surface area (Å²) in [6.07, 6.45) is 0. The predicted molar refractivity (Wildman–Crippen MR) is 71.2 cm³/mol. The topological polar surface area (TPSA) is 15.8 Å². The molecular formula is C12H7Br2N. The largest absolute Gasteiger partial charge is 0.354 e. The second kappa shape index (κ2) is 3.35. The van der Waals surface area contributed by atoms with Crippen LogP contribution in [-0.2, 0) is 0 Å². The number of para-hydroxylation sites is 1. The highest BCUT2D eigenvalue weighted by atomic mass is 79.9. The average Bonchev–Trinajstić information content (AvgIpc) is 2.57. The minimum Gasteiger partial charge on any atom is -0.354 e. The van der Waals surface area contributed by atoms with Crippen LogP contribution in [0.1, 0.15) is 0 Å². The standard InChI is InChI=1S/C12H7Br2N/c13-7-5-9-8-3-1-2-4-11(8)15-12(9)10(14)6-7/h1-6,15H. The molecule has 3 aromatic rings. The Morgan fingerprint density at radius 1 is 0.933 bits per heavy atom. The highest BCUT2D eigenvalue weighted by molar-refractivity contribution is 9.11. The maximum absolute atomic E-state index is 3.56. The van der Waals surface area contributed by atoms with E-state index < -0.39 is 0 Å². The lowest BCUT2D eigenvalue weighted by Gasteiger charge is -1.96. The van der Waals surface area contributed by atoms with Crippen molar-refractivity contribution in [3.8, 4) is 0 Å². The van der Waals surface area contributed by atoms with E-state index in [9.17, 15) is 0 Å². The predicted octanol–water partition coefficient (Wildman–Crippen LogP) is 4.85. The van der Waals surface area contributed by atoms with Gasteiger partial charge in [-0.15, -0.1) is 0 Å². The summed E-state index contributed by atoms with van der Waals surface area (Å²) >= 11 is 7.07. The molecule has 2 aromatic carbocycles. The van der Waals surface area contributed by atoms with Gasteiger partial charge in [-0.05, 0) is 34.1 Å². The fraction of sp³-hybridized carbons (Fsp3) is 0. The fourth-order valence-corrected chi connectivity index (χ4v) is 3.20. The summed E-state index contributed by atoms with van der Waals surface area (Å²) in [6.45, 7) is 0. The molecule has 1 nitrogen and oxygen atoms in total. The van der Waals surface area contributed by atoms with Crippen molar-refractivity contribution in [2.75, 3.05) is 0 Å². The van der Waals surface area contributed by atoms with Crippen molar-refractivity contribution in [2.24, 2.45) is 0 Å². The summed E-state index contributed by atoms with van der Waals surface area (Å²) in [5, 5.41) is 2.50. The van der Waals surface area contributed by atoms with Crippen LogP contribution in [0, 0.1) is 0 Å². The van der Waals surface area contributed by atoms with Gasteiger partial charge >= 0.3 is 0 Å². The Morgan fingerprint density at radius 3 is 2.60 bits per heavy atom. The number of nitrogens with one attached hydrogen (secondary N) is 1. The lowest BCUT2D eigenvalue weighted by atomic mass is 10.2. The number of aromatic nitrogens is 1. The number of fused-ring (bicyclic) bond motifs is 3. The van der Waals surface area contributed by atoms with E-state index in [-0.39, 0.29) is 0 Å². The van der Waals surface area contributed by atoms with Crippen LogP contribution in [0.15, 0.2) is 45.3 Å². The molecule has 1 aromatic heterocycles. The first kappa shape index (κ1) is 9.43. The highest BCUT2D eigenvalue weighted by Gasteiger charge is 2.07. The Labute approximate surface area is 104 Å². The van der Waals surface area contributed by atoms with Crippen LogP contribution < -0.4 is 0 Å². The molecule has 1 N–H and O–H groups in total. The normalized spacial score (nSPS) is 11.3. The van der Waals surface area contributed by atoms with E-state index in [0.29, 0.717) is 0 Å². The van der Waals surface area contributed by atoms with Crippen LogP contribution in [0.3, 0.4) is 0 Å². The molecule has 0 radical (unpaired) electrons. The van der Waals surface area contributed by atoms with Crippen molar-refractivity contribution in [3.05, 3.63) is 45.3 Å². The molecule has 0 fully saturated rings. The van der Waals surface area contributed by atoms with Crippen molar-refractivity contribution in [2.45, 2.75) is 0 Å². The molecule has 0 aliphatic heterocycles. The Balaban J connectivity index is 2.61. The van der Waals surface area contributed by atoms with Gasteiger partial charge in [0.15, 0.2) is 0 Å². The van der Waals surface area contributed by atoms with Gasteiger partial charge < -0.3 is 4.98 Å². The van der Waals surface area contributed by atoms with Crippen LogP contribution in [-0.4, -0.2) is 4.98 Å². The van der Waals surface area contributed by atoms with Crippen molar-refractivity contribution in [1.82, 2.24) is 4.98 Å². The van der Waals surface area contributed by atoms with Crippen molar-refractivity contribution < 1.29 is 0 Å². The van der Waals surface area contributed by atoms with Crippen molar-refractivity contribution in [1.29, 1.82) is 0 Å². The molecule has 0 spiro atoms. The number of halogens is 2. The highest BCUT2D eigenvalue weighted by Crippen LogP contribution is 2.33. The molecule has 0 unspecified atom stereocenters. The Hall–Kier alpha value is -0.800. The molecule has 0 saturated heterocycles. The molecule has 74 valence electrons. The minimum absolute atomic E-state index is 1.09. The molecule has 0 bridgehead atoms. The van der Waals surface area contributed by atoms with Crippen LogP contribution in [0.2, 0.25) is 0 Å². The Bertz CT molecular complexity index is 655. The summed E-state index contributed by atoms with van der Waals surface area (Å²) in [7, 11) is 0. The van der Waals surface area contributed by atoms with Crippen molar-refractivity contribution >= 4 is 53.7 Å². The van der Waals surface area contributed by atoms with Gasteiger partial charge in [0.25, 0.3) is 0 Å². The maximum atomic E-state index is 3.56. The molecule has 3 heteroatoms. The van der Waals surface area contributed by atoms with E-state index >= 15 is 0 Å². The van der Waals surface area contributed by atoms with Crippen LogP contribution in [0.4, 0.5) is 0 Å². The van der Waals surface area contributed by atoms with Gasteiger partial charge in [0.2, 0.25) is 0 Å². The second-order valence-electron chi connectivity index (χ2n) is 3.48. The SMILES string of the molecule is Brc1cc(Br)c2[nH]c3ccccc3c2c1. The molecule has 0 amide bonds. The summed E-state index contributed by atoms with van der Waals surface area (Å²) in [6, 6.07) is 12.5. The van der Waals surface area contributed by atoms with Gasteiger partial charge in [-0.3, -0.25) is 0 Å². The number of benzene rings is 2. The van der Waals surface area contributed by atoms with Gasteiger partial charge in [0.05, 0.1) is 5.52 Å². The Kier molecular flexibility index (Phi) is 2.11. The average molecular weight is 325 g/mol. The van der Waals surface area contributed by atoms with E-state index in [0.717, 1.165) is 14.5 Å². The molecule has 1 heterocycles. The molecule has 3 rings (SSSR count). The van der Waals surface area contributed by atoms with Gasteiger partial charge in [-0.25, -0.2) is 0 Å². The number of hydrogen-bond acceptors (Lipinski definition) is 0. The van der Waals surface area contributed by atoms with Crippen LogP contribution >= 0.6 is 31.9 Å². The molecule has 15 heavy (non-hydrogen) atoms. The van der Waals surface area contributed by atoms with E-state index in [1.807, 2.05) is 6.07 Å². The number of H-pyrrole nitrogens is 1. The quantitative estimate of drug-likeness (QED) is 0.608. The zero-order valence-electron chi connectivity index (χ0n) is 7.72. The fourth-order valence-electron chi connectivity index (χ4n) is 1.87. The smallest absolute Gasteiger partial charge is 0.0610 e. The van der Waals surface area contributed by atoms with E-state index in [1.54, 1.807) is 0 Å². The lowest BCUT2D eigenvalue weighted by molar-refractivity contribution is 1.52. The van der Waals surface area contributed by atoms with Gasteiger partial charge in [0, 0.05) is 25.2 Å². The summed E-state index contributed by atoms with van der Waals surface area (Å²) < 4.78 is 2.18. The number of rotatable bonds is 0. The second-order valence-corrected chi connectivity index (χ2v) is 5.25. The maximum Gasteiger partial charge on any atom is 0.0610 e. The lowest BCUT2D eigenvalue weighted by Crippen LogP contribution is -1.71. The third-order valence-corrected chi connectivity index (χ3v) is 3.62. The van der Waals surface area contributed by atoms with Gasteiger partial charge in [-0.1, -0.05) is 34.1 Å². The monoisotopic (exact) mass is 323 g/mol. The summed E-state index contributed by atoms with van der Waals surface area (Å²) in [4.78, 5) is 3.41. The van der Waals surface area contributed by atoms with Gasteiger partial charge in [-0.2, -0.15) is 0 Å².